The Bertz CT molecular complexity index is 608. The minimum atomic E-state index is 0.617. The smallest absolute Gasteiger partial charge is 0.00266 e. The minimum absolute atomic E-state index is 0.617. The fraction of sp³-hybridized carbons (Fsp3) is 0.455. The summed E-state index contributed by atoms with van der Waals surface area (Å²) in [6.07, 6.45) is 12.1. The molecule has 0 saturated heterocycles. The number of fused-ring (bicyclic) bond motifs is 1. The largest absolute Gasteiger partial charge is 0.0801 e. The highest BCUT2D eigenvalue weighted by Gasteiger charge is 2.25. The van der Waals surface area contributed by atoms with Crippen molar-refractivity contribution in [1.82, 2.24) is 0 Å². The molecule has 0 heteroatoms. The van der Waals surface area contributed by atoms with E-state index in [1.165, 1.54) is 35.1 Å². The van der Waals surface area contributed by atoms with E-state index in [1.54, 1.807) is 0 Å². The zero-order chi connectivity index (χ0) is 15.7. The Morgan fingerprint density at radius 2 is 1.64 bits per heavy atom. The molecule has 1 aromatic rings. The molecular formula is C22H28. The van der Waals surface area contributed by atoms with Crippen LogP contribution in [0.25, 0.3) is 0 Å². The second-order valence-corrected chi connectivity index (χ2v) is 7.46. The molecule has 3 rings (SSSR count). The highest BCUT2D eigenvalue weighted by atomic mass is 14.3. The van der Waals surface area contributed by atoms with Gasteiger partial charge in [0.2, 0.25) is 0 Å². The summed E-state index contributed by atoms with van der Waals surface area (Å²) in [7, 11) is 0. The maximum absolute atomic E-state index is 2.51. The van der Waals surface area contributed by atoms with E-state index in [2.05, 4.69) is 76.3 Å². The number of hydrogen-bond acceptors (Lipinski definition) is 0. The van der Waals surface area contributed by atoms with Crippen LogP contribution in [-0.4, -0.2) is 0 Å². The maximum Gasteiger partial charge on any atom is 0.00266 e. The Kier molecular flexibility index (Phi) is 4.38. The van der Waals surface area contributed by atoms with Crippen LogP contribution in [0.4, 0.5) is 0 Å². The van der Waals surface area contributed by atoms with Crippen LogP contribution in [0.3, 0.4) is 0 Å². The Morgan fingerprint density at radius 3 is 2.27 bits per heavy atom. The molecule has 116 valence electrons. The molecule has 0 aliphatic heterocycles. The summed E-state index contributed by atoms with van der Waals surface area (Å²) < 4.78 is 0. The van der Waals surface area contributed by atoms with Crippen molar-refractivity contribution in [2.45, 2.75) is 52.4 Å². The molecule has 0 bridgehead atoms. The van der Waals surface area contributed by atoms with Gasteiger partial charge in [-0.25, -0.2) is 0 Å². The molecule has 0 nitrogen and oxygen atoms in total. The highest BCUT2D eigenvalue weighted by molar-refractivity contribution is 5.41. The van der Waals surface area contributed by atoms with Crippen LogP contribution in [0.1, 0.15) is 63.5 Å². The van der Waals surface area contributed by atoms with E-state index >= 15 is 0 Å². The zero-order valence-electron chi connectivity index (χ0n) is 14.3. The zero-order valence-corrected chi connectivity index (χ0v) is 14.3. The molecule has 0 fully saturated rings. The summed E-state index contributed by atoms with van der Waals surface area (Å²) in [5, 5.41) is 0. The van der Waals surface area contributed by atoms with Gasteiger partial charge in [-0.3, -0.25) is 0 Å². The first kappa shape index (κ1) is 15.3. The van der Waals surface area contributed by atoms with Gasteiger partial charge in [-0.15, -0.1) is 0 Å². The first-order valence-electron chi connectivity index (χ1n) is 8.74. The molecule has 1 aromatic carbocycles. The third kappa shape index (κ3) is 3.11. The summed E-state index contributed by atoms with van der Waals surface area (Å²) in [5.41, 5.74) is 5.98. The third-order valence-corrected chi connectivity index (χ3v) is 5.21. The van der Waals surface area contributed by atoms with Gasteiger partial charge in [0.05, 0.1) is 0 Å². The fourth-order valence-electron chi connectivity index (χ4n) is 3.61. The first-order chi connectivity index (χ1) is 10.5. The Balaban J connectivity index is 1.79. The van der Waals surface area contributed by atoms with Crippen molar-refractivity contribution in [2.24, 2.45) is 11.8 Å². The number of benzene rings is 1. The van der Waals surface area contributed by atoms with Crippen molar-refractivity contribution >= 4 is 0 Å². The van der Waals surface area contributed by atoms with Crippen LogP contribution in [0, 0.1) is 11.8 Å². The predicted octanol–water partition coefficient (Wildman–Crippen LogP) is 6.38. The van der Waals surface area contributed by atoms with Crippen LogP contribution in [-0.2, 0) is 0 Å². The SMILES string of the molecule is CC(C)C1=CC2CC(c3ccc(C(C)C)cc3)CC=C2C=C1. The second kappa shape index (κ2) is 6.28. The molecule has 0 spiro atoms. The standard InChI is InChI=1S/C22H28/c1-15(2)17-5-7-18(8-6-17)21-12-10-19-9-11-20(16(3)4)13-22(19)14-21/h5-11,13,15-16,21-22H,12,14H2,1-4H3. The minimum Gasteiger partial charge on any atom is -0.0801 e. The average molecular weight is 292 g/mol. The van der Waals surface area contributed by atoms with E-state index in [9.17, 15) is 0 Å². The topological polar surface area (TPSA) is 0 Å². The molecule has 2 aliphatic carbocycles. The molecule has 0 N–H and O–H groups in total. The van der Waals surface area contributed by atoms with Gasteiger partial charge in [0.25, 0.3) is 0 Å². The van der Waals surface area contributed by atoms with E-state index in [0.29, 0.717) is 23.7 Å². The number of rotatable bonds is 3. The van der Waals surface area contributed by atoms with Gasteiger partial charge in [0.15, 0.2) is 0 Å². The molecule has 0 radical (unpaired) electrons. The Morgan fingerprint density at radius 1 is 0.909 bits per heavy atom. The lowest BCUT2D eigenvalue weighted by molar-refractivity contribution is 0.525. The molecule has 0 aromatic heterocycles. The molecule has 2 atom stereocenters. The molecule has 2 unspecified atom stereocenters. The van der Waals surface area contributed by atoms with Gasteiger partial charge in [0, 0.05) is 5.92 Å². The first-order valence-corrected chi connectivity index (χ1v) is 8.74. The number of allylic oxidation sites excluding steroid dienone is 6. The van der Waals surface area contributed by atoms with E-state index in [0.717, 1.165) is 0 Å². The lowest BCUT2D eigenvalue weighted by Crippen LogP contribution is -2.15. The van der Waals surface area contributed by atoms with Crippen molar-refractivity contribution in [3.63, 3.8) is 0 Å². The van der Waals surface area contributed by atoms with E-state index in [1.807, 2.05) is 0 Å². The predicted molar refractivity (Wildman–Crippen MR) is 96.1 cm³/mol. The fourth-order valence-corrected chi connectivity index (χ4v) is 3.61. The third-order valence-electron chi connectivity index (χ3n) is 5.21. The Labute approximate surface area is 135 Å². The van der Waals surface area contributed by atoms with Crippen molar-refractivity contribution in [1.29, 1.82) is 0 Å². The van der Waals surface area contributed by atoms with E-state index < -0.39 is 0 Å². The van der Waals surface area contributed by atoms with Crippen LogP contribution in [0.5, 0.6) is 0 Å². The quantitative estimate of drug-likeness (QED) is 0.606. The molecule has 0 saturated carbocycles. The van der Waals surface area contributed by atoms with Gasteiger partial charge in [-0.1, -0.05) is 76.3 Å². The van der Waals surface area contributed by atoms with Crippen molar-refractivity contribution in [3.05, 3.63) is 70.8 Å². The lowest BCUT2D eigenvalue weighted by atomic mass is 9.74. The highest BCUT2D eigenvalue weighted by Crippen LogP contribution is 2.40. The van der Waals surface area contributed by atoms with Crippen LogP contribution in [0.2, 0.25) is 0 Å². The molecule has 0 amide bonds. The molecular weight excluding hydrogens is 264 g/mol. The van der Waals surface area contributed by atoms with Crippen molar-refractivity contribution in [3.8, 4) is 0 Å². The molecule has 2 aliphatic rings. The van der Waals surface area contributed by atoms with E-state index in [-0.39, 0.29) is 0 Å². The van der Waals surface area contributed by atoms with Crippen molar-refractivity contribution in [2.75, 3.05) is 0 Å². The summed E-state index contributed by atoms with van der Waals surface area (Å²) >= 11 is 0. The van der Waals surface area contributed by atoms with Crippen LogP contribution in [0.15, 0.2) is 59.7 Å². The summed E-state index contributed by atoms with van der Waals surface area (Å²) in [6.45, 7) is 9.10. The Hall–Kier alpha value is -1.56. The van der Waals surface area contributed by atoms with Crippen LogP contribution >= 0.6 is 0 Å². The van der Waals surface area contributed by atoms with Crippen LogP contribution < -0.4 is 0 Å². The van der Waals surface area contributed by atoms with Gasteiger partial charge in [0.1, 0.15) is 0 Å². The van der Waals surface area contributed by atoms with Gasteiger partial charge >= 0.3 is 0 Å². The molecule has 0 heterocycles. The number of hydrogen-bond donors (Lipinski definition) is 0. The second-order valence-electron chi connectivity index (χ2n) is 7.46. The maximum atomic E-state index is 2.51. The van der Waals surface area contributed by atoms with Gasteiger partial charge in [-0.2, -0.15) is 0 Å². The summed E-state index contributed by atoms with van der Waals surface area (Å²) in [5.74, 6) is 2.53. The normalized spacial score (nSPS) is 24.3. The summed E-state index contributed by atoms with van der Waals surface area (Å²) in [6, 6.07) is 9.33. The van der Waals surface area contributed by atoms with Crippen molar-refractivity contribution < 1.29 is 0 Å². The van der Waals surface area contributed by atoms with Gasteiger partial charge in [-0.05, 0) is 52.9 Å². The average Bonchev–Trinajstić information content (AvgIpc) is 2.53. The lowest BCUT2D eigenvalue weighted by Gasteiger charge is -2.30. The van der Waals surface area contributed by atoms with Gasteiger partial charge < -0.3 is 0 Å². The molecule has 22 heavy (non-hydrogen) atoms. The monoisotopic (exact) mass is 292 g/mol. The summed E-state index contributed by atoms with van der Waals surface area (Å²) in [4.78, 5) is 0. The van der Waals surface area contributed by atoms with E-state index in [4.69, 9.17) is 0 Å².